The van der Waals surface area contributed by atoms with Gasteiger partial charge in [0, 0.05) is 26.4 Å². The maximum absolute atomic E-state index is 5.70. The van der Waals surface area contributed by atoms with Crippen molar-refractivity contribution in [2.24, 2.45) is 0 Å². The zero-order chi connectivity index (χ0) is 10.7. The summed E-state index contributed by atoms with van der Waals surface area (Å²) >= 11 is 0. The molecular formula is C11H19NOSi2. The molecule has 0 bridgehead atoms. The summed E-state index contributed by atoms with van der Waals surface area (Å²) in [4.78, 5) is 2.15. The number of anilines is 1. The molecule has 0 spiro atoms. The van der Waals surface area contributed by atoms with E-state index in [0.717, 1.165) is 6.61 Å². The molecule has 1 fully saturated rings. The maximum Gasteiger partial charge on any atom is 0.152 e. The predicted molar refractivity (Wildman–Crippen MR) is 71.5 cm³/mol. The Morgan fingerprint density at radius 2 is 2.00 bits per heavy atom. The van der Waals surface area contributed by atoms with Gasteiger partial charge in [0.15, 0.2) is 9.28 Å². The summed E-state index contributed by atoms with van der Waals surface area (Å²) in [5, 5.41) is 1.62. The fourth-order valence-corrected chi connectivity index (χ4v) is 8.91. The van der Waals surface area contributed by atoms with E-state index < -0.39 is 8.31 Å². The molecule has 1 saturated heterocycles. The lowest BCUT2D eigenvalue weighted by Crippen LogP contribution is -2.41. The Kier molecular flexibility index (Phi) is 3.61. The molecule has 0 amide bonds. The van der Waals surface area contributed by atoms with E-state index in [2.05, 4.69) is 43.3 Å². The summed E-state index contributed by atoms with van der Waals surface area (Å²) in [5.41, 5.74) is 1.30. The SMILES string of the molecule is CN(C)c1ccc([SiH]2CCCO[SiH2]2)cc1. The summed E-state index contributed by atoms with van der Waals surface area (Å²) in [6.45, 7) is 1.03. The second-order valence-electron chi connectivity index (χ2n) is 4.40. The molecule has 2 rings (SSSR count). The highest BCUT2D eigenvalue weighted by molar-refractivity contribution is 7.17. The Hall–Kier alpha value is -0.586. The van der Waals surface area contributed by atoms with Crippen molar-refractivity contribution in [3.63, 3.8) is 0 Å². The summed E-state index contributed by atoms with van der Waals surface area (Å²) in [6, 6.07) is 10.6. The minimum Gasteiger partial charge on any atom is -0.427 e. The van der Waals surface area contributed by atoms with Gasteiger partial charge in [-0.3, -0.25) is 0 Å². The lowest BCUT2D eigenvalue weighted by Gasteiger charge is -2.21. The summed E-state index contributed by atoms with van der Waals surface area (Å²) in [7, 11) is 3.36. The van der Waals surface area contributed by atoms with Gasteiger partial charge in [-0.25, -0.2) is 0 Å². The van der Waals surface area contributed by atoms with Crippen LogP contribution in [0.2, 0.25) is 6.04 Å². The summed E-state index contributed by atoms with van der Waals surface area (Å²) in [5.74, 6) is 0. The van der Waals surface area contributed by atoms with Gasteiger partial charge < -0.3 is 9.33 Å². The van der Waals surface area contributed by atoms with Gasteiger partial charge >= 0.3 is 0 Å². The molecule has 1 aromatic carbocycles. The molecule has 0 radical (unpaired) electrons. The van der Waals surface area contributed by atoms with Gasteiger partial charge in [-0.05, 0) is 18.6 Å². The molecule has 0 saturated carbocycles. The van der Waals surface area contributed by atoms with E-state index in [1.165, 1.54) is 18.2 Å². The van der Waals surface area contributed by atoms with E-state index >= 15 is 0 Å². The largest absolute Gasteiger partial charge is 0.427 e. The first-order chi connectivity index (χ1) is 7.27. The van der Waals surface area contributed by atoms with Crippen molar-refractivity contribution in [1.82, 2.24) is 0 Å². The van der Waals surface area contributed by atoms with Crippen LogP contribution in [-0.4, -0.2) is 38.3 Å². The second-order valence-corrected chi connectivity index (χ2v) is 11.7. The lowest BCUT2D eigenvalue weighted by molar-refractivity contribution is 0.336. The second kappa shape index (κ2) is 4.96. The fraction of sp³-hybridized carbons (Fsp3) is 0.455. The van der Waals surface area contributed by atoms with Crippen LogP contribution in [0.3, 0.4) is 0 Å². The van der Waals surface area contributed by atoms with Crippen LogP contribution in [0.15, 0.2) is 24.3 Å². The lowest BCUT2D eigenvalue weighted by atomic mass is 10.3. The Bertz CT molecular complexity index is 307. The number of hydrogen-bond acceptors (Lipinski definition) is 2. The third-order valence-corrected chi connectivity index (χ3v) is 11.0. The highest BCUT2D eigenvalue weighted by Crippen LogP contribution is 2.10. The molecule has 2 nitrogen and oxygen atoms in total. The third-order valence-electron chi connectivity index (χ3n) is 3.04. The minimum atomic E-state index is -0.638. The molecule has 0 N–H and O–H groups in total. The normalized spacial score (nSPS) is 22.9. The smallest absolute Gasteiger partial charge is 0.152 e. The zero-order valence-electron chi connectivity index (χ0n) is 9.57. The van der Waals surface area contributed by atoms with Gasteiger partial charge in [0.25, 0.3) is 0 Å². The highest BCUT2D eigenvalue weighted by Gasteiger charge is 2.18. The average molecular weight is 237 g/mol. The first kappa shape index (κ1) is 10.9. The first-order valence-corrected chi connectivity index (χ1v) is 10.9. The van der Waals surface area contributed by atoms with Crippen molar-refractivity contribution < 1.29 is 4.43 Å². The average Bonchev–Trinajstić information content (AvgIpc) is 2.30. The van der Waals surface area contributed by atoms with Gasteiger partial charge in [0.1, 0.15) is 0 Å². The Morgan fingerprint density at radius 1 is 1.27 bits per heavy atom. The monoisotopic (exact) mass is 237 g/mol. The van der Waals surface area contributed by atoms with E-state index in [1.807, 2.05) is 0 Å². The minimum absolute atomic E-state index is 0.182. The van der Waals surface area contributed by atoms with Crippen LogP contribution in [0.5, 0.6) is 0 Å². The number of benzene rings is 1. The Labute approximate surface area is 95.6 Å². The molecule has 82 valence electrons. The van der Waals surface area contributed by atoms with Crippen molar-refractivity contribution in [2.45, 2.75) is 12.5 Å². The zero-order valence-corrected chi connectivity index (χ0v) is 12.1. The molecular weight excluding hydrogens is 218 g/mol. The number of nitrogens with zero attached hydrogens (tertiary/aromatic N) is 1. The molecule has 4 heteroatoms. The first-order valence-electron chi connectivity index (χ1n) is 5.62. The summed E-state index contributed by atoms with van der Waals surface area (Å²) < 4.78 is 5.70. The molecule has 1 unspecified atom stereocenters. The van der Waals surface area contributed by atoms with E-state index in [4.69, 9.17) is 4.43 Å². The van der Waals surface area contributed by atoms with Gasteiger partial charge in [-0.15, -0.1) is 0 Å². The van der Waals surface area contributed by atoms with Crippen LogP contribution in [0.25, 0.3) is 0 Å². The Balaban J connectivity index is 2.08. The molecule has 0 aromatic heterocycles. The van der Waals surface area contributed by atoms with Crippen LogP contribution in [-0.2, 0) is 4.43 Å². The summed E-state index contributed by atoms with van der Waals surface area (Å²) in [6.07, 6.45) is 1.29. The molecule has 0 aliphatic carbocycles. The van der Waals surface area contributed by atoms with Crippen LogP contribution in [0.1, 0.15) is 6.42 Å². The van der Waals surface area contributed by atoms with E-state index in [0.29, 0.717) is 0 Å². The molecule has 1 aliphatic rings. The van der Waals surface area contributed by atoms with Crippen LogP contribution in [0, 0.1) is 0 Å². The standard InChI is InChI=1S/C11H19NOSi2/c1-12(2)10-4-6-11(7-5-10)15-9-3-8-13-14-15/h4-7,15H,3,8-9,14H2,1-2H3. The van der Waals surface area contributed by atoms with Gasteiger partial charge in [0.2, 0.25) is 0 Å². The third kappa shape index (κ3) is 2.71. The van der Waals surface area contributed by atoms with Crippen LogP contribution < -0.4 is 10.1 Å². The van der Waals surface area contributed by atoms with Crippen molar-refractivity contribution >= 4 is 28.5 Å². The van der Waals surface area contributed by atoms with E-state index in [9.17, 15) is 0 Å². The predicted octanol–water partition coefficient (Wildman–Crippen LogP) is 0.187. The molecule has 1 aromatic rings. The topological polar surface area (TPSA) is 12.5 Å². The van der Waals surface area contributed by atoms with Gasteiger partial charge in [0.05, 0.1) is 8.31 Å². The molecule has 1 aliphatic heterocycles. The van der Waals surface area contributed by atoms with E-state index in [1.54, 1.807) is 5.19 Å². The molecule has 15 heavy (non-hydrogen) atoms. The quantitative estimate of drug-likeness (QED) is 0.681. The fourth-order valence-electron chi connectivity index (χ4n) is 2.05. The van der Waals surface area contributed by atoms with Crippen molar-refractivity contribution in [3.05, 3.63) is 24.3 Å². The van der Waals surface area contributed by atoms with Crippen molar-refractivity contribution in [1.29, 1.82) is 0 Å². The molecule has 1 heterocycles. The number of hydrogen-bond donors (Lipinski definition) is 0. The van der Waals surface area contributed by atoms with Crippen molar-refractivity contribution in [2.75, 3.05) is 25.6 Å². The number of rotatable bonds is 2. The maximum atomic E-state index is 5.70. The van der Waals surface area contributed by atoms with Crippen LogP contribution >= 0.6 is 0 Å². The Morgan fingerprint density at radius 3 is 2.53 bits per heavy atom. The van der Waals surface area contributed by atoms with E-state index in [-0.39, 0.29) is 9.28 Å². The van der Waals surface area contributed by atoms with Gasteiger partial charge in [-0.1, -0.05) is 23.4 Å². The van der Waals surface area contributed by atoms with Crippen LogP contribution in [0.4, 0.5) is 5.69 Å². The van der Waals surface area contributed by atoms with Gasteiger partial charge in [-0.2, -0.15) is 0 Å². The molecule has 1 atom stereocenters. The highest BCUT2D eigenvalue weighted by atomic mass is 29.2. The van der Waals surface area contributed by atoms with Crippen molar-refractivity contribution in [3.8, 4) is 0 Å².